The molecule has 1 amide bonds. The van der Waals surface area contributed by atoms with Crippen LogP contribution in [0.3, 0.4) is 0 Å². The van der Waals surface area contributed by atoms with Gasteiger partial charge in [0.1, 0.15) is 0 Å². The molecule has 2 unspecified atom stereocenters. The number of amides is 1. The van der Waals surface area contributed by atoms with Crippen molar-refractivity contribution in [1.29, 1.82) is 0 Å². The van der Waals surface area contributed by atoms with Gasteiger partial charge in [0.15, 0.2) is 0 Å². The molecule has 2 N–H and O–H groups in total. The Bertz CT molecular complexity index is 427. The molecule has 1 aliphatic rings. The maximum atomic E-state index is 12.4. The van der Waals surface area contributed by atoms with Crippen LogP contribution in [-0.4, -0.2) is 23.4 Å². The van der Waals surface area contributed by atoms with Crippen molar-refractivity contribution in [1.82, 2.24) is 4.90 Å². The Labute approximate surface area is 107 Å². The molecule has 0 saturated carbocycles. The number of rotatable bonds is 1. The zero-order valence-electron chi connectivity index (χ0n) is 10.1. The summed E-state index contributed by atoms with van der Waals surface area (Å²) in [5, 5.41) is 0.432. The number of nitrogen functional groups attached to an aromatic ring is 1. The van der Waals surface area contributed by atoms with E-state index in [2.05, 4.69) is 13.8 Å². The van der Waals surface area contributed by atoms with Crippen LogP contribution in [0.5, 0.6) is 0 Å². The first-order valence-corrected chi connectivity index (χ1v) is 6.23. The summed E-state index contributed by atoms with van der Waals surface area (Å²) >= 11 is 6.06. The second kappa shape index (κ2) is 4.57. The maximum absolute atomic E-state index is 12.4. The fraction of sp³-hybridized carbons (Fsp3) is 0.462. The quantitative estimate of drug-likeness (QED) is 0.782. The van der Waals surface area contributed by atoms with Crippen LogP contribution < -0.4 is 5.73 Å². The molecule has 0 spiro atoms. The van der Waals surface area contributed by atoms with Gasteiger partial charge in [-0.3, -0.25) is 4.79 Å². The Kier molecular flexibility index (Phi) is 3.29. The molecular weight excluding hydrogens is 236 g/mol. The molecule has 0 radical (unpaired) electrons. The number of halogens is 1. The second-order valence-electron chi connectivity index (χ2n) is 4.85. The third-order valence-corrected chi connectivity index (χ3v) is 3.62. The van der Waals surface area contributed by atoms with Crippen LogP contribution in [0.15, 0.2) is 18.2 Å². The van der Waals surface area contributed by atoms with E-state index < -0.39 is 0 Å². The van der Waals surface area contributed by atoms with Gasteiger partial charge >= 0.3 is 0 Å². The number of anilines is 1. The summed E-state index contributed by atoms with van der Waals surface area (Å²) in [5.41, 5.74) is 6.73. The molecule has 0 aliphatic carbocycles. The second-order valence-corrected chi connectivity index (χ2v) is 5.26. The molecule has 1 aliphatic heterocycles. The molecule has 4 heteroatoms. The lowest BCUT2D eigenvalue weighted by Crippen LogP contribution is -2.34. The summed E-state index contributed by atoms with van der Waals surface area (Å²) in [6.45, 7) is 5.00. The van der Waals surface area contributed by atoms with Crippen LogP contribution >= 0.6 is 11.6 Å². The average Bonchev–Trinajstić information content (AvgIpc) is 2.57. The van der Waals surface area contributed by atoms with Crippen molar-refractivity contribution >= 4 is 23.2 Å². The van der Waals surface area contributed by atoms with Gasteiger partial charge in [0.05, 0.1) is 10.6 Å². The summed E-state index contributed by atoms with van der Waals surface area (Å²) in [6.07, 6.45) is 1.04. The summed E-state index contributed by atoms with van der Waals surface area (Å²) in [5.74, 6) is 0.489. The van der Waals surface area contributed by atoms with E-state index in [0.717, 1.165) is 13.0 Å². The van der Waals surface area contributed by atoms with Crippen molar-refractivity contribution < 1.29 is 4.79 Å². The van der Waals surface area contributed by atoms with E-state index in [1.807, 2.05) is 4.90 Å². The number of likely N-dealkylation sites (tertiary alicyclic amines) is 1. The number of hydrogen-bond acceptors (Lipinski definition) is 2. The van der Waals surface area contributed by atoms with E-state index in [0.29, 0.717) is 22.2 Å². The van der Waals surface area contributed by atoms with Gasteiger partial charge in [-0.2, -0.15) is 0 Å². The number of benzene rings is 1. The lowest BCUT2D eigenvalue weighted by molar-refractivity contribution is 0.0745. The molecule has 1 saturated heterocycles. The predicted molar refractivity (Wildman–Crippen MR) is 70.1 cm³/mol. The minimum atomic E-state index is -0.0510. The normalized spacial score (nSPS) is 24.1. The third kappa shape index (κ3) is 2.25. The SMILES string of the molecule is CC1CC(C)N(C(=O)c2c(N)cccc2Cl)C1. The van der Waals surface area contributed by atoms with E-state index in [4.69, 9.17) is 17.3 Å². The van der Waals surface area contributed by atoms with Crippen molar-refractivity contribution in [2.45, 2.75) is 26.3 Å². The van der Waals surface area contributed by atoms with E-state index in [9.17, 15) is 4.79 Å². The summed E-state index contributed by atoms with van der Waals surface area (Å²) in [6, 6.07) is 5.43. The highest BCUT2D eigenvalue weighted by Crippen LogP contribution is 2.29. The van der Waals surface area contributed by atoms with E-state index in [1.54, 1.807) is 18.2 Å². The molecule has 3 nitrogen and oxygen atoms in total. The number of carbonyl (C=O) groups excluding carboxylic acids is 1. The molecule has 1 heterocycles. The minimum Gasteiger partial charge on any atom is -0.398 e. The highest BCUT2D eigenvalue weighted by molar-refractivity contribution is 6.34. The van der Waals surface area contributed by atoms with Crippen LogP contribution in [0.4, 0.5) is 5.69 Å². The van der Waals surface area contributed by atoms with Crippen LogP contribution in [0.2, 0.25) is 5.02 Å². The fourth-order valence-corrected chi connectivity index (χ4v) is 2.76. The zero-order chi connectivity index (χ0) is 12.6. The summed E-state index contributed by atoms with van der Waals surface area (Å²) < 4.78 is 0. The summed E-state index contributed by atoms with van der Waals surface area (Å²) in [4.78, 5) is 14.3. The molecular formula is C13H17ClN2O. The van der Waals surface area contributed by atoms with Gasteiger partial charge in [-0.25, -0.2) is 0 Å². The molecule has 17 heavy (non-hydrogen) atoms. The monoisotopic (exact) mass is 252 g/mol. The van der Waals surface area contributed by atoms with Crippen molar-refractivity contribution in [3.05, 3.63) is 28.8 Å². The van der Waals surface area contributed by atoms with Crippen molar-refractivity contribution in [2.75, 3.05) is 12.3 Å². The first kappa shape index (κ1) is 12.2. The molecule has 2 rings (SSSR count). The van der Waals surface area contributed by atoms with Gasteiger partial charge in [0, 0.05) is 18.3 Å². The van der Waals surface area contributed by atoms with Crippen LogP contribution in [0, 0.1) is 5.92 Å². The third-order valence-electron chi connectivity index (χ3n) is 3.30. The van der Waals surface area contributed by atoms with Crippen LogP contribution in [0.25, 0.3) is 0 Å². The number of nitrogens with two attached hydrogens (primary N) is 1. The zero-order valence-corrected chi connectivity index (χ0v) is 10.9. The Morgan fingerprint density at radius 2 is 2.18 bits per heavy atom. The fourth-order valence-electron chi connectivity index (χ4n) is 2.49. The molecule has 2 atom stereocenters. The molecule has 1 aromatic rings. The molecule has 1 aromatic carbocycles. The number of hydrogen-bond donors (Lipinski definition) is 1. The Hall–Kier alpha value is -1.22. The lowest BCUT2D eigenvalue weighted by Gasteiger charge is -2.22. The van der Waals surface area contributed by atoms with Crippen LogP contribution in [0.1, 0.15) is 30.6 Å². The van der Waals surface area contributed by atoms with Crippen molar-refractivity contribution in [3.8, 4) is 0 Å². The molecule has 92 valence electrons. The standard InChI is InChI=1S/C13H17ClN2O/c1-8-6-9(2)16(7-8)13(17)12-10(14)4-3-5-11(12)15/h3-5,8-9H,6-7,15H2,1-2H3. The first-order chi connectivity index (χ1) is 8.00. The largest absolute Gasteiger partial charge is 0.398 e. The van der Waals surface area contributed by atoms with E-state index in [1.165, 1.54) is 0 Å². The minimum absolute atomic E-state index is 0.0510. The van der Waals surface area contributed by atoms with Crippen molar-refractivity contribution in [2.24, 2.45) is 5.92 Å². The topological polar surface area (TPSA) is 46.3 Å². The van der Waals surface area contributed by atoms with E-state index >= 15 is 0 Å². The number of nitrogens with zero attached hydrogens (tertiary/aromatic N) is 1. The van der Waals surface area contributed by atoms with Crippen LogP contribution in [-0.2, 0) is 0 Å². The van der Waals surface area contributed by atoms with Crippen molar-refractivity contribution in [3.63, 3.8) is 0 Å². The Morgan fingerprint density at radius 3 is 2.71 bits per heavy atom. The lowest BCUT2D eigenvalue weighted by atomic mass is 10.1. The maximum Gasteiger partial charge on any atom is 0.257 e. The van der Waals surface area contributed by atoms with Gasteiger partial charge < -0.3 is 10.6 Å². The Morgan fingerprint density at radius 1 is 1.47 bits per heavy atom. The smallest absolute Gasteiger partial charge is 0.257 e. The predicted octanol–water partition coefficient (Wildman–Crippen LogP) is 2.79. The average molecular weight is 253 g/mol. The first-order valence-electron chi connectivity index (χ1n) is 5.85. The Balaban J connectivity index is 2.32. The molecule has 0 bridgehead atoms. The molecule has 0 aromatic heterocycles. The van der Waals surface area contributed by atoms with Gasteiger partial charge in [-0.15, -0.1) is 0 Å². The van der Waals surface area contributed by atoms with Gasteiger partial charge in [0.25, 0.3) is 5.91 Å². The van der Waals surface area contributed by atoms with Gasteiger partial charge in [0.2, 0.25) is 0 Å². The number of carbonyl (C=O) groups is 1. The highest BCUT2D eigenvalue weighted by Gasteiger charge is 2.32. The highest BCUT2D eigenvalue weighted by atomic mass is 35.5. The van der Waals surface area contributed by atoms with Gasteiger partial charge in [-0.1, -0.05) is 24.6 Å². The summed E-state index contributed by atoms with van der Waals surface area (Å²) in [7, 11) is 0. The van der Waals surface area contributed by atoms with E-state index in [-0.39, 0.29) is 11.9 Å². The van der Waals surface area contributed by atoms with Gasteiger partial charge in [-0.05, 0) is 31.4 Å². The molecule has 1 fully saturated rings.